The largest absolute Gasteiger partial charge is 0.508 e. The maximum Gasteiger partial charge on any atom is 0.323 e. The van der Waals surface area contributed by atoms with Gasteiger partial charge in [0.1, 0.15) is 5.75 Å². The van der Waals surface area contributed by atoms with Gasteiger partial charge < -0.3 is 15.7 Å². The Bertz CT molecular complexity index is 589. The highest BCUT2D eigenvalue weighted by Crippen LogP contribution is 2.17. The molecule has 19 heavy (non-hydrogen) atoms. The molecule has 3 N–H and O–H groups in total. The van der Waals surface area contributed by atoms with Gasteiger partial charge in [-0.05, 0) is 49.2 Å². The van der Waals surface area contributed by atoms with Crippen LogP contribution in [-0.4, -0.2) is 11.1 Å². The molecule has 0 aliphatic carbocycles. The summed E-state index contributed by atoms with van der Waals surface area (Å²) < 4.78 is 0. The number of aryl methyl sites for hydroxylation is 2. The monoisotopic (exact) mass is 256 g/mol. The van der Waals surface area contributed by atoms with Crippen molar-refractivity contribution >= 4 is 17.4 Å². The van der Waals surface area contributed by atoms with E-state index >= 15 is 0 Å². The minimum Gasteiger partial charge on any atom is -0.508 e. The lowest BCUT2D eigenvalue weighted by molar-refractivity contribution is 0.262. The van der Waals surface area contributed by atoms with Gasteiger partial charge in [0.05, 0.1) is 0 Å². The number of aromatic hydroxyl groups is 1. The molecule has 0 aliphatic heterocycles. The molecule has 4 heteroatoms. The third-order valence-electron chi connectivity index (χ3n) is 2.58. The van der Waals surface area contributed by atoms with Gasteiger partial charge in [0.15, 0.2) is 0 Å². The van der Waals surface area contributed by atoms with Gasteiger partial charge in [-0.3, -0.25) is 0 Å². The van der Waals surface area contributed by atoms with Crippen LogP contribution in [0, 0.1) is 13.8 Å². The van der Waals surface area contributed by atoms with Crippen molar-refractivity contribution < 1.29 is 9.90 Å². The highest BCUT2D eigenvalue weighted by Gasteiger charge is 2.04. The van der Waals surface area contributed by atoms with Gasteiger partial charge in [-0.1, -0.05) is 12.1 Å². The number of phenolic OH excluding ortho intramolecular Hbond substituents is 1. The van der Waals surface area contributed by atoms with Crippen LogP contribution in [-0.2, 0) is 0 Å². The van der Waals surface area contributed by atoms with Gasteiger partial charge in [-0.25, -0.2) is 4.79 Å². The summed E-state index contributed by atoms with van der Waals surface area (Å²) in [6, 6.07) is 11.9. The zero-order valence-electron chi connectivity index (χ0n) is 10.9. The smallest absolute Gasteiger partial charge is 0.323 e. The molecule has 2 rings (SSSR count). The Kier molecular flexibility index (Phi) is 3.71. The summed E-state index contributed by atoms with van der Waals surface area (Å²) in [4.78, 5) is 11.8. The minimum atomic E-state index is -0.337. The van der Waals surface area contributed by atoms with Gasteiger partial charge >= 0.3 is 6.03 Å². The summed E-state index contributed by atoms with van der Waals surface area (Å²) in [5.74, 6) is 0.115. The first-order valence-corrected chi connectivity index (χ1v) is 5.98. The summed E-state index contributed by atoms with van der Waals surface area (Å²) in [6.45, 7) is 3.95. The van der Waals surface area contributed by atoms with Crippen LogP contribution < -0.4 is 10.6 Å². The summed E-state index contributed by atoms with van der Waals surface area (Å²) in [6.07, 6.45) is 0. The van der Waals surface area contributed by atoms with Gasteiger partial charge in [0.25, 0.3) is 0 Å². The number of carbonyl (C=O) groups excluding carboxylic acids is 1. The van der Waals surface area contributed by atoms with Crippen LogP contribution in [0.15, 0.2) is 42.5 Å². The van der Waals surface area contributed by atoms with Crippen molar-refractivity contribution in [2.24, 2.45) is 0 Å². The third kappa shape index (κ3) is 3.74. The number of hydrogen-bond acceptors (Lipinski definition) is 2. The van der Waals surface area contributed by atoms with E-state index in [-0.39, 0.29) is 11.8 Å². The van der Waals surface area contributed by atoms with Crippen LogP contribution in [0.3, 0.4) is 0 Å². The molecule has 0 fully saturated rings. The molecular weight excluding hydrogens is 240 g/mol. The fourth-order valence-electron chi connectivity index (χ4n) is 1.92. The highest BCUT2D eigenvalue weighted by atomic mass is 16.3. The predicted octanol–water partition coefficient (Wildman–Crippen LogP) is 3.65. The number of anilines is 2. The van der Waals surface area contributed by atoms with E-state index in [0.717, 1.165) is 16.8 Å². The molecule has 0 spiro atoms. The molecule has 2 aromatic carbocycles. The first kappa shape index (κ1) is 13.0. The molecule has 98 valence electrons. The first-order chi connectivity index (χ1) is 9.02. The fraction of sp³-hybridized carbons (Fsp3) is 0.133. The summed E-state index contributed by atoms with van der Waals surface area (Å²) in [7, 11) is 0. The first-order valence-electron chi connectivity index (χ1n) is 5.98. The van der Waals surface area contributed by atoms with E-state index in [1.807, 2.05) is 32.0 Å². The number of phenols is 1. The van der Waals surface area contributed by atoms with Crippen molar-refractivity contribution in [2.45, 2.75) is 13.8 Å². The Morgan fingerprint density at radius 1 is 0.947 bits per heavy atom. The standard InChI is InChI=1S/C15H16N2O2/c1-10-6-11(2)8-13(7-10)17-15(19)16-12-4-3-5-14(18)9-12/h3-9,18H,1-2H3,(H2,16,17,19). The zero-order valence-corrected chi connectivity index (χ0v) is 10.9. The van der Waals surface area contributed by atoms with Crippen LogP contribution in [0.25, 0.3) is 0 Å². The summed E-state index contributed by atoms with van der Waals surface area (Å²) >= 11 is 0. The molecule has 0 saturated carbocycles. The molecule has 4 nitrogen and oxygen atoms in total. The number of amides is 2. The van der Waals surface area contributed by atoms with Gasteiger partial charge in [-0.15, -0.1) is 0 Å². The lowest BCUT2D eigenvalue weighted by Crippen LogP contribution is -2.19. The number of hydrogen-bond donors (Lipinski definition) is 3. The van der Waals surface area contributed by atoms with Crippen molar-refractivity contribution in [2.75, 3.05) is 10.6 Å². The van der Waals surface area contributed by atoms with Crippen LogP contribution in [0.1, 0.15) is 11.1 Å². The predicted molar refractivity (Wildman–Crippen MR) is 76.7 cm³/mol. The lowest BCUT2D eigenvalue weighted by Gasteiger charge is -2.09. The van der Waals surface area contributed by atoms with E-state index < -0.39 is 0 Å². The van der Waals surface area contributed by atoms with Crippen molar-refractivity contribution in [3.8, 4) is 5.75 Å². The molecule has 0 unspecified atom stereocenters. The molecule has 2 aromatic rings. The highest BCUT2D eigenvalue weighted by molar-refractivity contribution is 5.99. The molecule has 0 radical (unpaired) electrons. The normalized spacial score (nSPS) is 10.0. The number of benzene rings is 2. The SMILES string of the molecule is Cc1cc(C)cc(NC(=O)Nc2cccc(O)c2)c1. The zero-order chi connectivity index (χ0) is 13.8. The van der Waals surface area contributed by atoms with Crippen molar-refractivity contribution in [3.63, 3.8) is 0 Å². The van der Waals surface area contributed by atoms with Crippen LogP contribution in [0.4, 0.5) is 16.2 Å². The van der Waals surface area contributed by atoms with E-state index in [0.29, 0.717) is 5.69 Å². The third-order valence-corrected chi connectivity index (χ3v) is 2.58. The number of urea groups is 1. The van der Waals surface area contributed by atoms with Crippen molar-refractivity contribution in [3.05, 3.63) is 53.6 Å². The van der Waals surface area contributed by atoms with Crippen LogP contribution in [0.2, 0.25) is 0 Å². The van der Waals surface area contributed by atoms with Crippen molar-refractivity contribution in [1.82, 2.24) is 0 Å². The molecule has 0 atom stereocenters. The van der Waals surface area contributed by atoms with E-state index in [1.54, 1.807) is 18.2 Å². The average Bonchev–Trinajstić information content (AvgIpc) is 2.26. The number of carbonyl (C=O) groups is 1. The van der Waals surface area contributed by atoms with E-state index in [1.165, 1.54) is 6.07 Å². The van der Waals surface area contributed by atoms with E-state index in [2.05, 4.69) is 10.6 Å². The molecule has 0 heterocycles. The van der Waals surface area contributed by atoms with Gasteiger partial charge in [-0.2, -0.15) is 0 Å². The average molecular weight is 256 g/mol. The Balaban J connectivity index is 2.05. The molecular formula is C15H16N2O2. The summed E-state index contributed by atoms with van der Waals surface area (Å²) in [5.41, 5.74) is 3.47. The van der Waals surface area contributed by atoms with E-state index in [4.69, 9.17) is 0 Å². The maximum atomic E-state index is 11.8. The number of nitrogens with one attached hydrogen (secondary N) is 2. The molecule has 0 saturated heterocycles. The Hall–Kier alpha value is -2.49. The second-order valence-electron chi connectivity index (χ2n) is 4.51. The second-order valence-corrected chi connectivity index (χ2v) is 4.51. The van der Waals surface area contributed by atoms with Gasteiger partial charge in [0, 0.05) is 17.4 Å². The van der Waals surface area contributed by atoms with Gasteiger partial charge in [0.2, 0.25) is 0 Å². The Labute approximate surface area is 112 Å². The summed E-state index contributed by atoms with van der Waals surface area (Å²) in [5, 5.41) is 14.7. The second kappa shape index (κ2) is 5.44. The Morgan fingerprint density at radius 3 is 2.21 bits per heavy atom. The topological polar surface area (TPSA) is 61.4 Å². The number of rotatable bonds is 2. The molecule has 2 amide bonds. The molecule has 0 aromatic heterocycles. The van der Waals surface area contributed by atoms with E-state index in [9.17, 15) is 9.90 Å². The molecule has 0 aliphatic rings. The lowest BCUT2D eigenvalue weighted by atomic mass is 10.1. The molecule has 0 bridgehead atoms. The maximum absolute atomic E-state index is 11.8. The van der Waals surface area contributed by atoms with Crippen LogP contribution >= 0.6 is 0 Å². The van der Waals surface area contributed by atoms with Crippen LogP contribution in [0.5, 0.6) is 5.75 Å². The Morgan fingerprint density at radius 2 is 1.58 bits per heavy atom. The quantitative estimate of drug-likeness (QED) is 0.768. The minimum absolute atomic E-state index is 0.115. The fourth-order valence-corrected chi connectivity index (χ4v) is 1.92. The van der Waals surface area contributed by atoms with Crippen molar-refractivity contribution in [1.29, 1.82) is 0 Å².